The van der Waals surface area contributed by atoms with Crippen molar-refractivity contribution in [3.8, 4) is 35.7 Å². The van der Waals surface area contributed by atoms with Crippen LogP contribution >= 0.6 is 22.6 Å². The molecule has 10 nitrogen and oxygen atoms in total. The van der Waals surface area contributed by atoms with Crippen molar-refractivity contribution >= 4 is 54.3 Å². The van der Waals surface area contributed by atoms with Gasteiger partial charge in [0.2, 0.25) is 0 Å². The van der Waals surface area contributed by atoms with Gasteiger partial charge in [-0.05, 0) is 170 Å². The highest BCUT2D eigenvalue weighted by atomic mass is 127. The zero-order valence-corrected chi connectivity index (χ0v) is 36.4. The van der Waals surface area contributed by atoms with Gasteiger partial charge in [-0.1, -0.05) is 37.3 Å². The Kier molecular flexibility index (Phi) is 18.2. The number of hydrogen-bond donors (Lipinski definition) is 4. The van der Waals surface area contributed by atoms with Gasteiger partial charge in [-0.25, -0.2) is 26.8 Å². The summed E-state index contributed by atoms with van der Waals surface area (Å²) in [5, 5.41) is 19.1. The first-order valence-electron chi connectivity index (χ1n) is 17.8. The highest BCUT2D eigenvalue weighted by Crippen LogP contribution is 2.24. The predicted octanol–water partition coefficient (Wildman–Crippen LogP) is 9.30. The maximum Gasteiger partial charge on any atom is 0.263 e. The molecule has 0 bridgehead atoms. The van der Waals surface area contributed by atoms with Gasteiger partial charge in [0.15, 0.2) is 0 Å². The molecule has 0 spiro atoms. The Morgan fingerprint density at radius 1 is 0.621 bits per heavy atom. The number of phenols is 2. The van der Waals surface area contributed by atoms with E-state index in [1.54, 1.807) is 60.7 Å². The van der Waals surface area contributed by atoms with Crippen molar-refractivity contribution < 1.29 is 32.8 Å². The summed E-state index contributed by atoms with van der Waals surface area (Å²) < 4.78 is 70.0. The number of benzene rings is 4. The van der Waals surface area contributed by atoms with Crippen LogP contribution in [0.4, 0.5) is 16.0 Å². The second-order valence-electron chi connectivity index (χ2n) is 11.9. The van der Waals surface area contributed by atoms with Crippen LogP contribution in [0.5, 0.6) is 11.5 Å². The number of hydrogen-bond acceptors (Lipinski definition) is 8. The molecule has 2 aromatic heterocycles. The summed E-state index contributed by atoms with van der Waals surface area (Å²) in [5.74, 6) is 9.69. The molecule has 0 aliphatic rings. The molecule has 4 N–H and O–H groups in total. The number of nitrogens with one attached hydrogen (secondary N) is 2. The quantitative estimate of drug-likeness (QED) is 0.0951. The third-order valence-electron chi connectivity index (χ3n) is 7.60. The summed E-state index contributed by atoms with van der Waals surface area (Å²) in [6, 6.07) is 29.9. The van der Waals surface area contributed by atoms with Crippen LogP contribution in [-0.4, -0.2) is 44.2 Å². The van der Waals surface area contributed by atoms with Crippen LogP contribution in [0.3, 0.4) is 0 Å². The Labute approximate surface area is 356 Å². The van der Waals surface area contributed by atoms with E-state index in [9.17, 15) is 31.4 Å². The molecule has 0 amide bonds. The number of halogens is 2. The molecule has 2 heterocycles. The number of alkyl halides is 1. The molecule has 0 saturated carbocycles. The molecule has 14 heteroatoms. The number of nitrogens with zero attached hydrogens (tertiary/aromatic N) is 2. The van der Waals surface area contributed by atoms with Crippen molar-refractivity contribution in [3.05, 3.63) is 164 Å². The van der Waals surface area contributed by atoms with Gasteiger partial charge in [-0.3, -0.25) is 13.8 Å². The number of rotatable bonds is 6. The Bertz CT molecular complexity index is 2560. The fourth-order valence-electron chi connectivity index (χ4n) is 4.76. The Balaban J connectivity index is 0.000000322. The summed E-state index contributed by atoms with van der Waals surface area (Å²) in [6.07, 6.45) is 8.24. The standard InChI is InChI=1S/C21H18N2O3S.C13H10N2O2S.C8H9IO.CH3F.CH4/c1-15-13-18(14-16(2)21(15)24)7-6-17-8-10-19(11-9-17)27(25,26)23-20-5-3-4-12-22-20;1-2-11-6-8-12(9-7-11)18(16,17)15-13-5-3-4-10-14-13;1-5-3-7(9)4-6(2)8(5)10;1-2;/h3-5,8-14,24H,1-2H3,(H,22,23);1,3-10H,(H,14,15);3-4,10H,1-2H3;1H3;1H4/i;;;;1D. The number of phenolic OH excluding ortho intramolecular Hbond substituents is 2. The number of aromatic nitrogens is 2. The number of sulfonamides is 2. The van der Waals surface area contributed by atoms with Crippen LogP contribution in [0.1, 0.15) is 47.7 Å². The molecule has 0 aliphatic heterocycles. The van der Waals surface area contributed by atoms with Crippen molar-refractivity contribution in [1.82, 2.24) is 9.97 Å². The Hall–Kier alpha value is -5.94. The summed E-state index contributed by atoms with van der Waals surface area (Å²) in [6.45, 7) is 7.46. The molecule has 0 unspecified atom stereocenters. The number of anilines is 2. The molecule has 302 valence electrons. The molecular formula is C44H44FIN4O6S2. The molecule has 58 heavy (non-hydrogen) atoms. The number of terminal acetylenes is 1. The molecule has 0 aliphatic carbocycles. The summed E-state index contributed by atoms with van der Waals surface area (Å²) in [5.41, 5.74) is 5.54. The Morgan fingerprint density at radius 3 is 1.34 bits per heavy atom. The zero-order valence-electron chi connectivity index (χ0n) is 33.6. The van der Waals surface area contributed by atoms with E-state index in [1.807, 2.05) is 52.0 Å². The molecule has 4 aromatic carbocycles. The van der Waals surface area contributed by atoms with E-state index in [0.29, 0.717) is 24.1 Å². The Morgan fingerprint density at radius 2 is 0.983 bits per heavy atom. The van der Waals surface area contributed by atoms with Crippen molar-refractivity contribution in [2.24, 2.45) is 0 Å². The zero-order chi connectivity index (χ0) is 44.2. The van der Waals surface area contributed by atoms with E-state index < -0.39 is 20.0 Å². The monoisotopic (exact) mass is 935 g/mol. The second kappa shape index (κ2) is 22.7. The van der Waals surface area contributed by atoms with Gasteiger partial charge >= 0.3 is 0 Å². The van der Waals surface area contributed by atoms with Crippen LogP contribution in [0, 0.1) is 55.4 Å². The molecular weight excluding hydrogens is 891 g/mol. The predicted molar refractivity (Wildman–Crippen MR) is 239 cm³/mol. The third-order valence-corrected chi connectivity index (χ3v) is 11.0. The largest absolute Gasteiger partial charge is 0.507 e. The van der Waals surface area contributed by atoms with Crippen molar-refractivity contribution in [1.29, 1.82) is 0 Å². The second-order valence-corrected chi connectivity index (χ2v) is 16.5. The van der Waals surface area contributed by atoms with Crippen LogP contribution < -0.4 is 9.44 Å². The average Bonchev–Trinajstić information content (AvgIpc) is 3.23. The first-order chi connectivity index (χ1) is 28.1. The van der Waals surface area contributed by atoms with E-state index in [-0.39, 0.29) is 27.2 Å². The molecule has 0 fully saturated rings. The van der Waals surface area contributed by atoms with Crippen molar-refractivity contribution in [2.45, 2.75) is 44.9 Å². The van der Waals surface area contributed by atoms with Crippen LogP contribution in [0.25, 0.3) is 0 Å². The van der Waals surface area contributed by atoms with Gasteiger partial charge in [-0.15, -0.1) is 6.42 Å². The molecule has 0 saturated heterocycles. The smallest absolute Gasteiger partial charge is 0.263 e. The first-order valence-corrected chi connectivity index (χ1v) is 20.8. The van der Waals surface area contributed by atoms with Gasteiger partial charge < -0.3 is 10.2 Å². The van der Waals surface area contributed by atoms with Crippen LogP contribution in [0.2, 0.25) is 0 Å². The van der Waals surface area contributed by atoms with E-state index in [4.69, 9.17) is 7.79 Å². The lowest BCUT2D eigenvalue weighted by Gasteiger charge is -2.07. The average molecular weight is 936 g/mol. The molecule has 0 atom stereocenters. The normalized spacial score (nSPS) is 10.2. The molecule has 0 radical (unpaired) electrons. The van der Waals surface area contributed by atoms with Gasteiger partial charge in [0.05, 0.1) is 17.0 Å². The lowest BCUT2D eigenvalue weighted by atomic mass is 10.1. The van der Waals surface area contributed by atoms with Gasteiger partial charge in [0.25, 0.3) is 20.0 Å². The summed E-state index contributed by atoms with van der Waals surface area (Å²) in [4.78, 5) is 8.14. The maximum atomic E-state index is 12.4. The van der Waals surface area contributed by atoms with Crippen LogP contribution in [0.15, 0.2) is 131 Å². The molecule has 6 aromatic rings. The van der Waals surface area contributed by atoms with Gasteiger partial charge in [0.1, 0.15) is 23.1 Å². The SMILES string of the molecule is C#Cc1ccc(S(=O)(=O)Nc2ccccn2)cc1.CF.Cc1cc(C#Cc2ccc(S(=O)(=O)Nc3ccccn3)cc2)cc(C)c1O.Cc1cc(I)cc(C)c1O.[2H]C. The fourth-order valence-corrected chi connectivity index (χ4v) is 7.71. The maximum absolute atomic E-state index is 12.4. The van der Waals surface area contributed by atoms with E-state index in [1.165, 1.54) is 47.6 Å². The minimum Gasteiger partial charge on any atom is -0.507 e. The van der Waals surface area contributed by atoms with E-state index in [2.05, 4.69) is 59.8 Å². The number of aryl methyl sites for hydroxylation is 4. The highest BCUT2D eigenvalue weighted by Gasteiger charge is 2.15. The lowest BCUT2D eigenvalue weighted by molar-refractivity contribution is 0.466. The topological polar surface area (TPSA) is 159 Å². The van der Waals surface area contributed by atoms with Crippen molar-refractivity contribution in [3.63, 3.8) is 0 Å². The van der Waals surface area contributed by atoms with Gasteiger partial charge in [-0.2, -0.15) is 0 Å². The van der Waals surface area contributed by atoms with Gasteiger partial charge in [0, 0.05) is 34.0 Å². The minimum atomic E-state index is -3.70. The first kappa shape index (κ1) is 46.4. The summed E-state index contributed by atoms with van der Waals surface area (Å²) >= 11 is 2.24. The molecule has 6 rings (SSSR count). The minimum absolute atomic E-state index is 0.134. The van der Waals surface area contributed by atoms with Crippen LogP contribution in [-0.2, 0) is 20.0 Å². The summed E-state index contributed by atoms with van der Waals surface area (Å²) in [7, 11) is -5.57. The number of pyridine rings is 2. The van der Waals surface area contributed by atoms with E-state index in [0.717, 1.165) is 27.8 Å². The number of aromatic hydroxyl groups is 2. The van der Waals surface area contributed by atoms with E-state index >= 15 is 0 Å². The fraction of sp³-hybridized carbons (Fsp3) is 0.136. The third kappa shape index (κ3) is 14.5. The lowest BCUT2D eigenvalue weighted by Crippen LogP contribution is -2.13. The highest BCUT2D eigenvalue weighted by molar-refractivity contribution is 14.1. The van der Waals surface area contributed by atoms with Crippen molar-refractivity contribution in [2.75, 3.05) is 16.6 Å².